The van der Waals surface area contributed by atoms with Crippen LogP contribution >= 0.6 is 22.9 Å². The van der Waals surface area contributed by atoms with Gasteiger partial charge < -0.3 is 14.8 Å². The molecule has 1 aromatic carbocycles. The predicted molar refractivity (Wildman–Crippen MR) is 77.0 cm³/mol. The summed E-state index contributed by atoms with van der Waals surface area (Å²) in [6, 6.07) is 3.48. The van der Waals surface area contributed by atoms with Crippen LogP contribution in [0.5, 0.6) is 11.5 Å². The van der Waals surface area contributed by atoms with Crippen molar-refractivity contribution >= 4 is 34.4 Å². The molecule has 5 nitrogen and oxygen atoms in total. The summed E-state index contributed by atoms with van der Waals surface area (Å²) in [6.45, 7) is 2.25. The van der Waals surface area contributed by atoms with Gasteiger partial charge in [-0.1, -0.05) is 11.6 Å². The molecule has 1 aromatic heterocycles. The van der Waals surface area contributed by atoms with Crippen LogP contribution in [0.15, 0.2) is 18.3 Å². The summed E-state index contributed by atoms with van der Waals surface area (Å²) in [7, 11) is 0. The van der Waals surface area contributed by atoms with Gasteiger partial charge in [-0.2, -0.15) is 0 Å². The molecule has 0 saturated heterocycles. The van der Waals surface area contributed by atoms with Crippen molar-refractivity contribution in [3.63, 3.8) is 0 Å². The van der Waals surface area contributed by atoms with Crippen molar-refractivity contribution in [2.75, 3.05) is 12.1 Å². The Kier molecular flexibility index (Phi) is 3.50. The summed E-state index contributed by atoms with van der Waals surface area (Å²) in [5, 5.41) is 3.21. The molecule has 3 rings (SSSR count). The Hall–Kier alpha value is -1.79. The average Bonchev–Trinajstić information content (AvgIpc) is 3.03. The molecule has 0 fully saturated rings. The summed E-state index contributed by atoms with van der Waals surface area (Å²) in [4.78, 5) is 16.7. The van der Waals surface area contributed by atoms with Crippen LogP contribution in [-0.4, -0.2) is 17.6 Å². The van der Waals surface area contributed by atoms with Gasteiger partial charge in [-0.15, -0.1) is 11.3 Å². The van der Waals surface area contributed by atoms with Gasteiger partial charge >= 0.3 is 0 Å². The molecule has 0 spiro atoms. The summed E-state index contributed by atoms with van der Waals surface area (Å²) in [5.41, 5.74) is 1.29. The maximum Gasteiger partial charge on any atom is 0.231 e. The molecule has 0 aliphatic carbocycles. The average molecular weight is 311 g/mol. The van der Waals surface area contributed by atoms with E-state index in [1.807, 2.05) is 0 Å². The zero-order chi connectivity index (χ0) is 14.1. The first-order chi connectivity index (χ1) is 9.63. The van der Waals surface area contributed by atoms with Gasteiger partial charge in [0.25, 0.3) is 0 Å². The van der Waals surface area contributed by atoms with Gasteiger partial charge in [0.05, 0.1) is 6.54 Å². The Balaban J connectivity index is 1.86. The quantitative estimate of drug-likeness (QED) is 0.878. The van der Waals surface area contributed by atoms with Gasteiger partial charge in [-0.3, -0.25) is 4.79 Å². The molecule has 7 heteroatoms. The molecular weight excluding hydrogens is 300 g/mol. The molecule has 0 atom stereocenters. The molecule has 2 aromatic rings. The third kappa shape index (κ3) is 2.57. The van der Waals surface area contributed by atoms with Crippen LogP contribution < -0.4 is 14.8 Å². The standard InChI is InChI=1S/C13H11ClN2O3S/c1-7(17)9-2-11-12(19-6-18-11)3-10(9)15-4-8-5-16-13(14)20-8/h2-3,5,15H,4,6H2,1H3. The van der Waals surface area contributed by atoms with E-state index in [0.717, 1.165) is 4.88 Å². The molecule has 0 unspecified atom stereocenters. The number of aromatic nitrogens is 1. The molecule has 0 radical (unpaired) electrons. The number of ketones is 1. The van der Waals surface area contributed by atoms with Crippen molar-refractivity contribution in [3.05, 3.63) is 33.2 Å². The topological polar surface area (TPSA) is 60.5 Å². The van der Waals surface area contributed by atoms with Crippen molar-refractivity contribution in [2.24, 2.45) is 0 Å². The second kappa shape index (κ2) is 5.30. The van der Waals surface area contributed by atoms with Gasteiger partial charge in [0.15, 0.2) is 21.7 Å². The number of Topliss-reactive ketones (excluding diaryl/α,β-unsaturated/α-hetero) is 1. The number of hydrogen-bond donors (Lipinski definition) is 1. The molecule has 2 heterocycles. The molecule has 0 bridgehead atoms. The molecular formula is C13H11ClN2O3S. The van der Waals surface area contributed by atoms with E-state index in [1.165, 1.54) is 18.3 Å². The Labute approximate surface area is 124 Å². The summed E-state index contributed by atoms with van der Waals surface area (Å²) in [5.74, 6) is 1.20. The third-order valence-corrected chi connectivity index (χ3v) is 3.99. The summed E-state index contributed by atoms with van der Waals surface area (Å²) in [6.07, 6.45) is 1.71. The fourth-order valence-electron chi connectivity index (χ4n) is 1.93. The van der Waals surface area contributed by atoms with Gasteiger partial charge in [0.2, 0.25) is 6.79 Å². The highest BCUT2D eigenvalue weighted by Gasteiger charge is 2.19. The summed E-state index contributed by atoms with van der Waals surface area (Å²) < 4.78 is 11.1. The number of nitrogens with zero attached hydrogens (tertiary/aromatic N) is 1. The number of thiazole rings is 1. The number of ether oxygens (including phenoxy) is 2. The van der Waals surface area contributed by atoms with E-state index in [9.17, 15) is 4.79 Å². The van der Waals surface area contributed by atoms with E-state index in [-0.39, 0.29) is 12.6 Å². The van der Waals surface area contributed by atoms with Crippen LogP contribution in [-0.2, 0) is 6.54 Å². The number of hydrogen-bond acceptors (Lipinski definition) is 6. The van der Waals surface area contributed by atoms with Crippen molar-refractivity contribution in [1.29, 1.82) is 0 Å². The van der Waals surface area contributed by atoms with E-state index in [0.29, 0.717) is 33.8 Å². The number of anilines is 1. The molecule has 0 saturated carbocycles. The van der Waals surface area contributed by atoms with Crippen LogP contribution in [0.3, 0.4) is 0 Å². The lowest BCUT2D eigenvalue weighted by Crippen LogP contribution is -2.04. The van der Waals surface area contributed by atoms with Crippen LogP contribution in [0, 0.1) is 0 Å². The Morgan fingerprint density at radius 1 is 1.45 bits per heavy atom. The molecule has 0 amide bonds. The monoisotopic (exact) mass is 310 g/mol. The smallest absolute Gasteiger partial charge is 0.231 e. The number of halogens is 1. The van der Waals surface area contributed by atoms with Crippen molar-refractivity contribution in [3.8, 4) is 11.5 Å². The Morgan fingerprint density at radius 2 is 2.20 bits per heavy atom. The fraction of sp³-hybridized carbons (Fsp3) is 0.231. The van der Waals surface area contributed by atoms with E-state index in [1.54, 1.807) is 18.3 Å². The highest BCUT2D eigenvalue weighted by Crippen LogP contribution is 2.37. The second-order valence-corrected chi connectivity index (χ2v) is 5.94. The summed E-state index contributed by atoms with van der Waals surface area (Å²) >= 11 is 7.19. The lowest BCUT2D eigenvalue weighted by molar-refractivity contribution is 0.101. The Bertz CT molecular complexity index is 672. The number of carbonyl (C=O) groups excluding carboxylic acids is 1. The minimum absolute atomic E-state index is 0.0341. The van der Waals surface area contributed by atoms with Crippen molar-refractivity contribution < 1.29 is 14.3 Å². The van der Waals surface area contributed by atoms with E-state index < -0.39 is 0 Å². The third-order valence-electron chi connectivity index (χ3n) is 2.87. The Morgan fingerprint density at radius 3 is 2.85 bits per heavy atom. The van der Waals surface area contributed by atoms with Crippen molar-refractivity contribution in [1.82, 2.24) is 4.98 Å². The highest BCUT2D eigenvalue weighted by molar-refractivity contribution is 7.15. The maximum atomic E-state index is 11.7. The number of carbonyl (C=O) groups is 1. The van der Waals surface area contributed by atoms with Crippen LogP contribution in [0.4, 0.5) is 5.69 Å². The first kappa shape index (κ1) is 13.2. The van der Waals surface area contributed by atoms with Gasteiger partial charge in [0, 0.05) is 28.4 Å². The molecule has 104 valence electrons. The number of benzene rings is 1. The van der Waals surface area contributed by atoms with Gasteiger partial charge in [-0.25, -0.2) is 4.98 Å². The van der Waals surface area contributed by atoms with Crippen LogP contribution in [0.25, 0.3) is 0 Å². The zero-order valence-corrected chi connectivity index (χ0v) is 12.2. The van der Waals surface area contributed by atoms with Gasteiger partial charge in [0.1, 0.15) is 0 Å². The minimum atomic E-state index is -0.0341. The van der Waals surface area contributed by atoms with Gasteiger partial charge in [-0.05, 0) is 13.0 Å². The molecule has 20 heavy (non-hydrogen) atoms. The molecule has 1 aliphatic heterocycles. The lowest BCUT2D eigenvalue weighted by Gasteiger charge is -2.10. The van der Waals surface area contributed by atoms with Crippen LogP contribution in [0.2, 0.25) is 4.47 Å². The maximum absolute atomic E-state index is 11.7. The largest absolute Gasteiger partial charge is 0.454 e. The lowest BCUT2D eigenvalue weighted by atomic mass is 10.1. The van der Waals surface area contributed by atoms with Crippen molar-refractivity contribution in [2.45, 2.75) is 13.5 Å². The minimum Gasteiger partial charge on any atom is -0.454 e. The second-order valence-electron chi connectivity index (χ2n) is 4.24. The highest BCUT2D eigenvalue weighted by atomic mass is 35.5. The fourth-order valence-corrected chi connectivity index (χ4v) is 2.84. The normalized spacial score (nSPS) is 12.5. The predicted octanol–water partition coefficient (Wildman–Crippen LogP) is 3.34. The molecule has 1 N–H and O–H groups in total. The number of nitrogens with one attached hydrogen (secondary N) is 1. The first-order valence-corrected chi connectivity index (χ1v) is 7.11. The van der Waals surface area contributed by atoms with E-state index >= 15 is 0 Å². The van der Waals surface area contributed by atoms with E-state index in [4.69, 9.17) is 21.1 Å². The zero-order valence-electron chi connectivity index (χ0n) is 10.6. The number of fused-ring (bicyclic) bond motifs is 1. The molecule has 1 aliphatic rings. The van der Waals surface area contributed by atoms with Crippen LogP contribution in [0.1, 0.15) is 22.2 Å². The number of rotatable bonds is 4. The first-order valence-electron chi connectivity index (χ1n) is 5.92. The SMILES string of the molecule is CC(=O)c1cc2c(cc1NCc1cnc(Cl)s1)OCO2. The van der Waals surface area contributed by atoms with E-state index in [2.05, 4.69) is 10.3 Å².